The Morgan fingerprint density at radius 2 is 1.36 bits per heavy atom. The van der Waals surface area contributed by atoms with Crippen LogP contribution in [-0.2, 0) is 9.68 Å². The molecule has 0 radical (unpaired) electrons. The maximum Gasteiger partial charge on any atom is 0.117 e. The fourth-order valence-electron chi connectivity index (χ4n) is 0.877. The van der Waals surface area contributed by atoms with Gasteiger partial charge < -0.3 is 0 Å². The number of nitrogens with zero attached hydrogens (tertiary/aromatic N) is 1. The Kier molecular flexibility index (Phi) is 1.99. The van der Waals surface area contributed by atoms with Crippen LogP contribution in [0.15, 0.2) is 0 Å². The van der Waals surface area contributed by atoms with Gasteiger partial charge in [0.05, 0.1) is 0 Å². The van der Waals surface area contributed by atoms with E-state index in [1.54, 1.807) is 5.23 Å². The number of hydrogen-bond donors (Lipinski definition) is 0. The summed E-state index contributed by atoms with van der Waals surface area (Å²) in [4.78, 5) is 11.0. The number of hydrogen-bond acceptors (Lipinski definition) is 3. The molecule has 0 unspecified atom stereocenters. The fourth-order valence-corrected chi connectivity index (χ4v) is 0.877. The summed E-state index contributed by atoms with van der Waals surface area (Å²) in [6, 6.07) is 0. The van der Waals surface area contributed by atoms with Crippen LogP contribution in [0.1, 0.15) is 34.6 Å². The predicted octanol–water partition coefficient (Wildman–Crippen LogP) is 1.74. The summed E-state index contributed by atoms with van der Waals surface area (Å²) in [5.41, 5.74) is -0.466. The van der Waals surface area contributed by atoms with E-state index in [9.17, 15) is 0 Å². The van der Waals surface area contributed by atoms with Crippen LogP contribution in [-0.4, -0.2) is 23.0 Å². The van der Waals surface area contributed by atoms with Gasteiger partial charge in [-0.15, -0.1) is 0 Å². The summed E-state index contributed by atoms with van der Waals surface area (Å²) < 4.78 is 0. The lowest BCUT2D eigenvalue weighted by molar-refractivity contribution is -0.325. The molecule has 3 nitrogen and oxygen atoms in total. The van der Waals surface area contributed by atoms with Crippen LogP contribution in [0.4, 0.5) is 0 Å². The second kappa shape index (κ2) is 2.44. The van der Waals surface area contributed by atoms with E-state index in [1.807, 2.05) is 34.6 Å². The highest BCUT2D eigenvalue weighted by Crippen LogP contribution is 2.36. The van der Waals surface area contributed by atoms with Crippen molar-refractivity contribution >= 4 is 0 Å². The summed E-state index contributed by atoms with van der Waals surface area (Å²) in [6.45, 7) is 10.9. The molecule has 0 aromatic rings. The number of hydroxylamine groups is 2. The molecule has 3 heteroatoms. The zero-order chi connectivity index (χ0) is 8.70. The summed E-state index contributed by atoms with van der Waals surface area (Å²) in [5, 5.41) is 1.54. The normalized spacial score (nSPS) is 29.2. The van der Waals surface area contributed by atoms with Gasteiger partial charge in [0.15, 0.2) is 0 Å². The molecule has 1 aliphatic heterocycles. The minimum absolute atomic E-state index is 0.233. The van der Waals surface area contributed by atoms with Crippen LogP contribution < -0.4 is 0 Å². The molecule has 1 fully saturated rings. The third-order valence-electron chi connectivity index (χ3n) is 2.37. The first-order valence-corrected chi connectivity index (χ1v) is 4.05. The van der Waals surface area contributed by atoms with Crippen molar-refractivity contribution in [3.05, 3.63) is 0 Å². The molecule has 0 N–H and O–H groups in total. The Labute approximate surface area is 68.2 Å². The van der Waals surface area contributed by atoms with Crippen LogP contribution >= 0.6 is 0 Å². The smallest absolute Gasteiger partial charge is 0.117 e. The molecule has 0 aromatic carbocycles. The summed E-state index contributed by atoms with van der Waals surface area (Å²) in [6.07, 6.45) is 0. The molecule has 66 valence electrons. The molecular formula is C8H17NO2. The lowest BCUT2D eigenvalue weighted by Crippen LogP contribution is -2.41. The molecule has 1 saturated heterocycles. The zero-order valence-corrected chi connectivity index (χ0v) is 7.97. The van der Waals surface area contributed by atoms with Crippen molar-refractivity contribution in [3.8, 4) is 0 Å². The minimum atomic E-state index is -0.233. The Balaban J connectivity index is 2.72. The van der Waals surface area contributed by atoms with Crippen molar-refractivity contribution < 1.29 is 9.68 Å². The van der Waals surface area contributed by atoms with Gasteiger partial charge in [-0.3, -0.25) is 9.68 Å². The quantitative estimate of drug-likeness (QED) is 0.581. The van der Waals surface area contributed by atoms with Gasteiger partial charge in [0.1, 0.15) is 11.2 Å². The second-order valence-corrected chi connectivity index (χ2v) is 3.85. The Morgan fingerprint density at radius 3 is 1.55 bits per heavy atom. The van der Waals surface area contributed by atoms with E-state index in [0.29, 0.717) is 0 Å². The summed E-state index contributed by atoms with van der Waals surface area (Å²) in [5.74, 6) is 0. The molecule has 0 aromatic heterocycles. The van der Waals surface area contributed by atoms with Crippen molar-refractivity contribution in [1.29, 1.82) is 0 Å². The van der Waals surface area contributed by atoms with Crippen molar-refractivity contribution in [2.24, 2.45) is 0 Å². The first-order valence-electron chi connectivity index (χ1n) is 4.05. The Bertz CT molecular complexity index is 138. The third-order valence-corrected chi connectivity index (χ3v) is 2.37. The van der Waals surface area contributed by atoms with Gasteiger partial charge in [0, 0.05) is 6.54 Å². The van der Waals surface area contributed by atoms with E-state index in [0.717, 1.165) is 6.54 Å². The van der Waals surface area contributed by atoms with E-state index >= 15 is 0 Å². The summed E-state index contributed by atoms with van der Waals surface area (Å²) in [7, 11) is 0. The summed E-state index contributed by atoms with van der Waals surface area (Å²) >= 11 is 0. The maximum absolute atomic E-state index is 5.52. The van der Waals surface area contributed by atoms with Gasteiger partial charge >= 0.3 is 0 Å². The highest BCUT2D eigenvalue weighted by molar-refractivity contribution is 4.90. The van der Waals surface area contributed by atoms with Crippen LogP contribution in [0.3, 0.4) is 0 Å². The zero-order valence-electron chi connectivity index (χ0n) is 7.97. The van der Waals surface area contributed by atoms with Gasteiger partial charge in [-0.05, 0) is 34.6 Å². The van der Waals surface area contributed by atoms with Gasteiger partial charge in [-0.2, -0.15) is 0 Å². The van der Waals surface area contributed by atoms with E-state index in [1.165, 1.54) is 0 Å². The van der Waals surface area contributed by atoms with E-state index in [-0.39, 0.29) is 11.2 Å². The van der Waals surface area contributed by atoms with Gasteiger partial charge in [-0.25, -0.2) is 0 Å². The molecule has 1 heterocycles. The molecule has 11 heavy (non-hydrogen) atoms. The SMILES string of the molecule is CCN1OC(C)(C)C(C)(C)O1. The highest BCUT2D eigenvalue weighted by Gasteiger charge is 2.48. The molecule has 0 saturated carbocycles. The van der Waals surface area contributed by atoms with Crippen molar-refractivity contribution in [2.45, 2.75) is 45.8 Å². The lowest BCUT2D eigenvalue weighted by atomic mass is 9.90. The highest BCUT2D eigenvalue weighted by atomic mass is 17.0. The first kappa shape index (κ1) is 8.97. The molecule has 0 spiro atoms. The Hall–Kier alpha value is -0.120. The average molecular weight is 159 g/mol. The van der Waals surface area contributed by atoms with Crippen molar-refractivity contribution in [3.63, 3.8) is 0 Å². The molecule has 0 atom stereocenters. The van der Waals surface area contributed by atoms with Crippen LogP contribution in [0.2, 0.25) is 0 Å². The van der Waals surface area contributed by atoms with Gasteiger partial charge in [0.25, 0.3) is 0 Å². The van der Waals surface area contributed by atoms with Crippen LogP contribution in [0.25, 0.3) is 0 Å². The van der Waals surface area contributed by atoms with Crippen molar-refractivity contribution in [2.75, 3.05) is 6.54 Å². The lowest BCUT2D eigenvalue weighted by Gasteiger charge is -2.27. The molecule has 0 amide bonds. The number of rotatable bonds is 1. The minimum Gasteiger partial charge on any atom is -0.265 e. The molecule has 1 rings (SSSR count). The van der Waals surface area contributed by atoms with Gasteiger partial charge in [-0.1, -0.05) is 5.23 Å². The monoisotopic (exact) mass is 159 g/mol. The predicted molar refractivity (Wildman–Crippen MR) is 42.7 cm³/mol. The Morgan fingerprint density at radius 1 is 1.00 bits per heavy atom. The fraction of sp³-hybridized carbons (Fsp3) is 1.00. The van der Waals surface area contributed by atoms with E-state index in [4.69, 9.17) is 9.68 Å². The van der Waals surface area contributed by atoms with Crippen molar-refractivity contribution in [1.82, 2.24) is 5.23 Å². The second-order valence-electron chi connectivity index (χ2n) is 3.85. The van der Waals surface area contributed by atoms with Crippen LogP contribution in [0, 0.1) is 0 Å². The first-order chi connectivity index (χ1) is 4.89. The van der Waals surface area contributed by atoms with Gasteiger partial charge in [0.2, 0.25) is 0 Å². The maximum atomic E-state index is 5.52. The largest absolute Gasteiger partial charge is 0.265 e. The molecule has 0 aliphatic carbocycles. The van der Waals surface area contributed by atoms with E-state index in [2.05, 4.69) is 0 Å². The molecule has 0 bridgehead atoms. The van der Waals surface area contributed by atoms with E-state index < -0.39 is 0 Å². The molecular weight excluding hydrogens is 142 g/mol. The van der Waals surface area contributed by atoms with Crippen LogP contribution in [0.5, 0.6) is 0 Å². The standard InChI is InChI=1S/C8H17NO2/c1-6-9-10-7(2,3)8(4,5)11-9/h6H2,1-5H3. The topological polar surface area (TPSA) is 21.7 Å². The third kappa shape index (κ3) is 1.41. The molecule has 1 aliphatic rings. The average Bonchev–Trinajstić information content (AvgIpc) is 2.03.